The van der Waals surface area contributed by atoms with Gasteiger partial charge >= 0.3 is 0 Å². The number of nitrogens with zero attached hydrogens (tertiary/aromatic N) is 4. The summed E-state index contributed by atoms with van der Waals surface area (Å²) in [7, 11) is 3.52. The molecule has 9 heteroatoms. The number of nitriles is 1. The first-order valence-electron chi connectivity index (χ1n) is 10.2. The van der Waals surface area contributed by atoms with Crippen LogP contribution in [0.25, 0.3) is 42.6 Å². The fourth-order valence-electron chi connectivity index (χ4n) is 4.19. The lowest BCUT2D eigenvalue weighted by Crippen LogP contribution is -2.13. The number of rotatable bonds is 5. The first kappa shape index (κ1) is 21.0. The topological polar surface area (TPSA) is 123 Å². The molecular weight excluding hydrogens is 436 g/mol. The summed E-state index contributed by atoms with van der Waals surface area (Å²) >= 11 is 1.56. The highest BCUT2D eigenvalue weighted by atomic mass is 32.1. The van der Waals surface area contributed by atoms with Crippen molar-refractivity contribution in [3.8, 4) is 27.8 Å². The molecule has 3 heterocycles. The molecule has 8 nitrogen and oxygen atoms in total. The van der Waals surface area contributed by atoms with E-state index in [1.165, 1.54) is 0 Å². The van der Waals surface area contributed by atoms with Crippen molar-refractivity contribution in [2.45, 2.75) is 13.2 Å². The summed E-state index contributed by atoms with van der Waals surface area (Å²) in [6, 6.07) is 13.9. The van der Waals surface area contributed by atoms with E-state index in [4.69, 9.17) is 10.5 Å². The van der Waals surface area contributed by atoms with Gasteiger partial charge in [0.05, 0.1) is 40.0 Å². The number of ether oxygens (including phenoxy) is 1. The van der Waals surface area contributed by atoms with Crippen molar-refractivity contribution in [3.63, 3.8) is 0 Å². The highest BCUT2D eigenvalue weighted by Gasteiger charge is 2.22. The zero-order valence-corrected chi connectivity index (χ0v) is 18.9. The van der Waals surface area contributed by atoms with Gasteiger partial charge in [0.15, 0.2) is 0 Å². The van der Waals surface area contributed by atoms with Crippen LogP contribution in [-0.4, -0.2) is 27.1 Å². The fraction of sp³-hybridized carbons (Fsp3) is 0.167. The molecule has 164 valence electrons. The Hall–Kier alpha value is -3.84. The molecule has 0 spiro atoms. The van der Waals surface area contributed by atoms with Crippen LogP contribution in [0.3, 0.4) is 0 Å². The second-order valence-electron chi connectivity index (χ2n) is 7.64. The summed E-state index contributed by atoms with van der Waals surface area (Å²) in [6.07, 6.45) is 1.78. The maximum Gasteiger partial charge on any atom is 0.272 e. The molecule has 0 aliphatic rings. The summed E-state index contributed by atoms with van der Waals surface area (Å²) in [4.78, 5) is 13.1. The zero-order valence-electron chi connectivity index (χ0n) is 18.0. The number of fused-ring (bicyclic) bond motifs is 2. The average Bonchev–Trinajstić information content (AvgIpc) is 3.39. The number of aromatic nitrogens is 4. The molecule has 0 saturated carbocycles. The Morgan fingerprint density at radius 2 is 2.09 bits per heavy atom. The van der Waals surface area contributed by atoms with Gasteiger partial charge < -0.3 is 10.5 Å². The lowest BCUT2D eigenvalue weighted by molar-refractivity contribution is 0.186. The Morgan fingerprint density at radius 1 is 1.24 bits per heavy atom. The van der Waals surface area contributed by atoms with Gasteiger partial charge in [-0.1, -0.05) is 24.3 Å². The number of methoxy groups -OCH3 is 1. The number of nitrogens with one attached hydrogen (secondary N) is 1. The van der Waals surface area contributed by atoms with Crippen LogP contribution in [0.4, 0.5) is 0 Å². The number of hydrogen-bond acceptors (Lipinski definition) is 7. The van der Waals surface area contributed by atoms with Crippen LogP contribution in [0.5, 0.6) is 0 Å². The number of nitrogens with two attached hydrogens (primary N) is 1. The molecule has 3 aromatic heterocycles. The predicted molar refractivity (Wildman–Crippen MR) is 129 cm³/mol. The van der Waals surface area contributed by atoms with E-state index < -0.39 is 0 Å². The summed E-state index contributed by atoms with van der Waals surface area (Å²) in [5.74, 6) is 0. The SMILES string of the molecule is COCc1cccc2c(C#N)c(-c3c(-c4ccc5c(=O)[nH]nc(CN)c5c4)cnn3C)sc12. The standard InChI is InChI=1S/C24H20N6O2S/c1-30-21(23-18(9-25)15-5-3-4-14(12-32-2)22(15)33-23)19(11-27-30)13-6-7-16-17(8-13)20(10-26)28-29-24(16)31/h3-8,11H,10,12,26H2,1-2H3,(H,29,31). The van der Waals surface area contributed by atoms with Crippen molar-refractivity contribution in [3.05, 3.63) is 69.8 Å². The quantitative estimate of drug-likeness (QED) is 0.416. The van der Waals surface area contributed by atoms with Gasteiger partial charge in [0, 0.05) is 41.7 Å². The Kier molecular flexibility index (Phi) is 5.26. The molecule has 0 aliphatic heterocycles. The maximum atomic E-state index is 12.2. The molecule has 0 aliphatic carbocycles. The summed E-state index contributed by atoms with van der Waals surface area (Å²) in [6.45, 7) is 0.669. The van der Waals surface area contributed by atoms with E-state index in [2.05, 4.69) is 21.4 Å². The van der Waals surface area contributed by atoms with Gasteiger partial charge in [-0.25, -0.2) is 5.10 Å². The minimum absolute atomic E-state index is 0.202. The van der Waals surface area contributed by atoms with Crippen LogP contribution in [0, 0.1) is 11.3 Å². The molecule has 3 N–H and O–H groups in total. The van der Waals surface area contributed by atoms with Crippen molar-refractivity contribution in [1.29, 1.82) is 5.26 Å². The van der Waals surface area contributed by atoms with Crippen LogP contribution in [-0.2, 0) is 24.9 Å². The van der Waals surface area contributed by atoms with Gasteiger partial charge in [0.1, 0.15) is 6.07 Å². The lowest BCUT2D eigenvalue weighted by Gasteiger charge is -2.08. The normalized spacial score (nSPS) is 11.3. The van der Waals surface area contributed by atoms with E-state index in [0.717, 1.165) is 37.3 Å². The first-order valence-corrected chi connectivity index (χ1v) is 11.1. The van der Waals surface area contributed by atoms with E-state index in [1.54, 1.807) is 35.4 Å². The smallest absolute Gasteiger partial charge is 0.272 e. The Bertz CT molecular complexity index is 1620. The fourth-order valence-corrected chi connectivity index (χ4v) is 5.52. The molecule has 0 fully saturated rings. The summed E-state index contributed by atoms with van der Waals surface area (Å²) in [5, 5.41) is 23.3. The van der Waals surface area contributed by atoms with Gasteiger partial charge in [-0.05, 0) is 23.3 Å². The minimum Gasteiger partial charge on any atom is -0.380 e. The van der Waals surface area contributed by atoms with Crippen molar-refractivity contribution in [2.24, 2.45) is 12.8 Å². The van der Waals surface area contributed by atoms with Crippen LogP contribution in [0.15, 0.2) is 47.4 Å². The van der Waals surface area contributed by atoms with E-state index >= 15 is 0 Å². The second kappa shape index (κ2) is 8.26. The van der Waals surface area contributed by atoms with Gasteiger partial charge in [0.25, 0.3) is 5.56 Å². The predicted octanol–water partition coefficient (Wildman–Crippen LogP) is 3.68. The van der Waals surface area contributed by atoms with Crippen molar-refractivity contribution < 1.29 is 4.74 Å². The Balaban J connectivity index is 1.77. The van der Waals surface area contributed by atoms with Crippen LogP contribution < -0.4 is 11.3 Å². The van der Waals surface area contributed by atoms with Crippen molar-refractivity contribution >= 4 is 32.2 Å². The van der Waals surface area contributed by atoms with Gasteiger partial charge in [-0.2, -0.15) is 15.5 Å². The van der Waals surface area contributed by atoms with Gasteiger partial charge in [-0.3, -0.25) is 9.48 Å². The average molecular weight is 457 g/mol. The molecule has 2 aromatic carbocycles. The van der Waals surface area contributed by atoms with Gasteiger partial charge in [-0.15, -0.1) is 11.3 Å². The molecule has 0 amide bonds. The molecule has 0 radical (unpaired) electrons. The highest BCUT2D eigenvalue weighted by Crippen LogP contribution is 2.43. The van der Waals surface area contributed by atoms with Crippen molar-refractivity contribution in [1.82, 2.24) is 20.0 Å². The van der Waals surface area contributed by atoms with Crippen LogP contribution in [0.2, 0.25) is 0 Å². The Labute approximate surface area is 192 Å². The number of aromatic amines is 1. The molecule has 5 rings (SSSR count). The number of aryl methyl sites for hydroxylation is 1. The molecule has 0 bridgehead atoms. The van der Waals surface area contributed by atoms with E-state index in [1.807, 2.05) is 37.4 Å². The van der Waals surface area contributed by atoms with E-state index in [-0.39, 0.29) is 12.1 Å². The maximum absolute atomic E-state index is 12.2. The number of hydrogen-bond donors (Lipinski definition) is 2. The first-order chi connectivity index (χ1) is 16.1. The number of H-pyrrole nitrogens is 1. The third-order valence-corrected chi connectivity index (χ3v) is 7.02. The molecule has 33 heavy (non-hydrogen) atoms. The zero-order chi connectivity index (χ0) is 23.1. The third-order valence-electron chi connectivity index (χ3n) is 5.73. The van der Waals surface area contributed by atoms with E-state index in [9.17, 15) is 10.1 Å². The Morgan fingerprint density at radius 3 is 2.85 bits per heavy atom. The lowest BCUT2D eigenvalue weighted by atomic mass is 9.99. The van der Waals surface area contributed by atoms with Crippen LogP contribution in [0.1, 0.15) is 16.8 Å². The van der Waals surface area contributed by atoms with Gasteiger partial charge in [0.2, 0.25) is 0 Å². The monoisotopic (exact) mass is 456 g/mol. The molecule has 0 atom stereocenters. The minimum atomic E-state index is -0.262. The number of benzene rings is 2. The largest absolute Gasteiger partial charge is 0.380 e. The molecule has 0 unspecified atom stereocenters. The third kappa shape index (κ3) is 3.32. The van der Waals surface area contributed by atoms with Crippen molar-refractivity contribution in [2.75, 3.05) is 7.11 Å². The summed E-state index contributed by atoms with van der Waals surface area (Å²) < 4.78 is 8.16. The van der Waals surface area contributed by atoms with E-state index in [0.29, 0.717) is 28.6 Å². The molecule has 5 aromatic rings. The molecule has 0 saturated heterocycles. The summed E-state index contributed by atoms with van der Waals surface area (Å²) in [5.41, 5.74) is 10.4. The number of thiophene rings is 1. The van der Waals surface area contributed by atoms with Crippen LogP contribution >= 0.6 is 11.3 Å². The molecular formula is C24H20N6O2S. The second-order valence-corrected chi connectivity index (χ2v) is 8.66. The highest BCUT2D eigenvalue weighted by molar-refractivity contribution is 7.22.